The van der Waals surface area contributed by atoms with E-state index in [4.69, 9.17) is 14.2 Å². The summed E-state index contributed by atoms with van der Waals surface area (Å²) < 4.78 is 16.1. The van der Waals surface area contributed by atoms with E-state index in [2.05, 4.69) is 15.8 Å². The van der Waals surface area contributed by atoms with Crippen molar-refractivity contribution in [2.45, 2.75) is 13.8 Å². The summed E-state index contributed by atoms with van der Waals surface area (Å²) in [6, 6.07) is 17.5. The molecular weight excluding hydrogens is 434 g/mol. The van der Waals surface area contributed by atoms with E-state index in [0.29, 0.717) is 34.1 Å². The van der Waals surface area contributed by atoms with Gasteiger partial charge in [0.25, 0.3) is 11.8 Å². The van der Waals surface area contributed by atoms with E-state index >= 15 is 0 Å². The molecule has 0 aromatic heterocycles. The standard InChI is InChI=1S/C26H27N3O5/c1-17-5-9-21(13-18(17)2)28-25(30)16-34-23-12-6-19(14-24(23)33-4)15-27-29-26(31)20-7-10-22(32-3)11-8-20/h5-15H,16H2,1-4H3,(H,28,30)(H,29,31)/b27-15+. The Balaban J connectivity index is 1.56. The van der Waals surface area contributed by atoms with Gasteiger partial charge in [-0.05, 0) is 85.1 Å². The zero-order chi connectivity index (χ0) is 24.5. The highest BCUT2D eigenvalue weighted by Gasteiger charge is 2.10. The molecule has 0 heterocycles. The van der Waals surface area contributed by atoms with Crippen LogP contribution in [0.4, 0.5) is 5.69 Å². The fourth-order valence-electron chi connectivity index (χ4n) is 3.02. The highest BCUT2D eigenvalue weighted by atomic mass is 16.5. The smallest absolute Gasteiger partial charge is 0.271 e. The Morgan fingerprint density at radius 1 is 0.882 bits per heavy atom. The van der Waals surface area contributed by atoms with Gasteiger partial charge < -0.3 is 19.5 Å². The Morgan fingerprint density at radius 2 is 1.65 bits per heavy atom. The van der Waals surface area contributed by atoms with Crippen LogP contribution in [0.3, 0.4) is 0 Å². The minimum atomic E-state index is -0.347. The molecule has 2 amide bonds. The third-order valence-corrected chi connectivity index (χ3v) is 5.07. The number of hydrogen-bond acceptors (Lipinski definition) is 6. The molecular formula is C26H27N3O5. The van der Waals surface area contributed by atoms with Gasteiger partial charge in [-0.2, -0.15) is 5.10 Å². The first-order valence-electron chi connectivity index (χ1n) is 10.5. The van der Waals surface area contributed by atoms with Gasteiger partial charge in [0.15, 0.2) is 18.1 Å². The Labute approximate surface area is 198 Å². The highest BCUT2D eigenvalue weighted by molar-refractivity contribution is 5.95. The zero-order valence-corrected chi connectivity index (χ0v) is 19.5. The second kappa shape index (κ2) is 11.5. The van der Waals surface area contributed by atoms with Crippen LogP contribution in [0.25, 0.3) is 0 Å². The lowest BCUT2D eigenvalue weighted by atomic mass is 10.1. The van der Waals surface area contributed by atoms with E-state index in [0.717, 1.165) is 11.1 Å². The topological polar surface area (TPSA) is 98.3 Å². The average molecular weight is 462 g/mol. The number of hydrogen-bond donors (Lipinski definition) is 2. The van der Waals surface area contributed by atoms with Gasteiger partial charge in [-0.25, -0.2) is 5.43 Å². The van der Waals surface area contributed by atoms with Crippen molar-refractivity contribution >= 4 is 23.7 Å². The van der Waals surface area contributed by atoms with Gasteiger partial charge in [-0.15, -0.1) is 0 Å². The van der Waals surface area contributed by atoms with E-state index in [-0.39, 0.29) is 18.4 Å². The Morgan fingerprint density at radius 3 is 2.32 bits per heavy atom. The van der Waals surface area contributed by atoms with Crippen molar-refractivity contribution < 1.29 is 23.8 Å². The molecule has 0 aliphatic heterocycles. The number of ether oxygens (including phenoxy) is 3. The van der Waals surface area contributed by atoms with Gasteiger partial charge in [0.05, 0.1) is 20.4 Å². The second-order valence-electron chi connectivity index (χ2n) is 7.47. The largest absolute Gasteiger partial charge is 0.497 e. The quantitative estimate of drug-likeness (QED) is 0.369. The first-order chi connectivity index (χ1) is 16.4. The number of amides is 2. The van der Waals surface area contributed by atoms with Crippen LogP contribution in [0.5, 0.6) is 17.2 Å². The summed E-state index contributed by atoms with van der Waals surface area (Å²) in [5.74, 6) is 0.886. The van der Waals surface area contributed by atoms with Crippen LogP contribution in [0, 0.1) is 13.8 Å². The summed E-state index contributed by atoms with van der Waals surface area (Å²) in [6.07, 6.45) is 1.49. The summed E-state index contributed by atoms with van der Waals surface area (Å²) in [7, 11) is 3.06. The molecule has 3 rings (SSSR count). The van der Waals surface area contributed by atoms with Gasteiger partial charge in [-0.3, -0.25) is 9.59 Å². The number of nitrogens with one attached hydrogen (secondary N) is 2. The van der Waals surface area contributed by atoms with Gasteiger partial charge in [0.2, 0.25) is 0 Å². The monoisotopic (exact) mass is 461 g/mol. The lowest BCUT2D eigenvalue weighted by molar-refractivity contribution is -0.118. The normalized spacial score (nSPS) is 10.6. The van der Waals surface area contributed by atoms with Crippen LogP contribution < -0.4 is 25.0 Å². The van der Waals surface area contributed by atoms with E-state index < -0.39 is 0 Å². The van der Waals surface area contributed by atoms with Gasteiger partial charge in [-0.1, -0.05) is 6.07 Å². The van der Waals surface area contributed by atoms with Crippen LogP contribution in [-0.4, -0.2) is 38.9 Å². The molecule has 176 valence electrons. The van der Waals surface area contributed by atoms with Crippen molar-refractivity contribution in [2.24, 2.45) is 5.10 Å². The van der Waals surface area contributed by atoms with Crippen LogP contribution in [0.15, 0.2) is 65.8 Å². The SMILES string of the molecule is COc1ccc(C(=O)N/N=C/c2ccc(OCC(=O)Nc3ccc(C)c(C)c3)c(OC)c2)cc1. The third kappa shape index (κ3) is 6.59. The number of nitrogens with zero attached hydrogens (tertiary/aromatic N) is 1. The first kappa shape index (κ1) is 24.3. The van der Waals surface area contributed by atoms with Crippen LogP contribution in [0.1, 0.15) is 27.0 Å². The van der Waals surface area contributed by atoms with Gasteiger partial charge in [0, 0.05) is 11.3 Å². The zero-order valence-electron chi connectivity index (χ0n) is 19.5. The lowest BCUT2D eigenvalue weighted by Gasteiger charge is -2.12. The molecule has 0 aliphatic carbocycles. The van der Waals surface area contributed by atoms with Crippen LogP contribution in [0.2, 0.25) is 0 Å². The molecule has 0 spiro atoms. The summed E-state index contributed by atoms with van der Waals surface area (Å²) in [5, 5.41) is 6.80. The fourth-order valence-corrected chi connectivity index (χ4v) is 3.02. The third-order valence-electron chi connectivity index (χ3n) is 5.07. The first-order valence-corrected chi connectivity index (χ1v) is 10.5. The van der Waals surface area contributed by atoms with Crippen molar-refractivity contribution in [3.05, 3.63) is 82.9 Å². The molecule has 0 saturated carbocycles. The number of hydrazone groups is 1. The molecule has 8 heteroatoms. The minimum absolute atomic E-state index is 0.172. The Bertz CT molecular complexity index is 1190. The van der Waals surface area contributed by atoms with Crippen LogP contribution >= 0.6 is 0 Å². The van der Waals surface area contributed by atoms with Crippen molar-refractivity contribution in [1.29, 1.82) is 0 Å². The lowest BCUT2D eigenvalue weighted by Crippen LogP contribution is -2.20. The van der Waals surface area contributed by atoms with Crippen molar-refractivity contribution in [2.75, 3.05) is 26.1 Å². The summed E-state index contributed by atoms with van der Waals surface area (Å²) in [4.78, 5) is 24.4. The maximum Gasteiger partial charge on any atom is 0.271 e. The van der Waals surface area contributed by atoms with Crippen molar-refractivity contribution in [3.63, 3.8) is 0 Å². The predicted molar refractivity (Wildman–Crippen MR) is 131 cm³/mol. The molecule has 0 atom stereocenters. The molecule has 2 N–H and O–H groups in total. The van der Waals surface area contributed by atoms with E-state index in [9.17, 15) is 9.59 Å². The number of carbonyl (C=O) groups is 2. The molecule has 0 aliphatic rings. The summed E-state index contributed by atoms with van der Waals surface area (Å²) in [6.45, 7) is 3.83. The molecule has 0 unspecified atom stereocenters. The van der Waals surface area contributed by atoms with Crippen molar-refractivity contribution in [1.82, 2.24) is 5.43 Å². The van der Waals surface area contributed by atoms with Crippen molar-refractivity contribution in [3.8, 4) is 17.2 Å². The molecule has 0 radical (unpaired) electrons. The molecule has 3 aromatic rings. The van der Waals surface area contributed by atoms with E-state index in [1.807, 2.05) is 32.0 Å². The second-order valence-corrected chi connectivity index (χ2v) is 7.47. The molecule has 34 heavy (non-hydrogen) atoms. The maximum absolute atomic E-state index is 12.3. The summed E-state index contributed by atoms with van der Waals surface area (Å²) >= 11 is 0. The van der Waals surface area contributed by atoms with E-state index in [1.165, 1.54) is 13.3 Å². The number of rotatable bonds is 9. The van der Waals surface area contributed by atoms with Gasteiger partial charge in [0.1, 0.15) is 5.75 Å². The predicted octanol–water partition coefficient (Wildman–Crippen LogP) is 4.10. The molecule has 0 saturated heterocycles. The van der Waals surface area contributed by atoms with Gasteiger partial charge >= 0.3 is 0 Å². The fraction of sp³-hybridized carbons (Fsp3) is 0.192. The number of aryl methyl sites for hydroxylation is 2. The Kier molecular flexibility index (Phi) is 8.23. The number of carbonyl (C=O) groups excluding carboxylic acids is 2. The maximum atomic E-state index is 12.3. The number of anilines is 1. The number of benzene rings is 3. The number of methoxy groups -OCH3 is 2. The minimum Gasteiger partial charge on any atom is -0.497 e. The highest BCUT2D eigenvalue weighted by Crippen LogP contribution is 2.27. The summed E-state index contributed by atoms with van der Waals surface area (Å²) in [5.41, 5.74) is 6.57. The molecule has 3 aromatic carbocycles. The molecule has 8 nitrogen and oxygen atoms in total. The Hall–Kier alpha value is -4.33. The average Bonchev–Trinajstić information content (AvgIpc) is 2.85. The van der Waals surface area contributed by atoms with E-state index in [1.54, 1.807) is 49.6 Å². The molecule has 0 bridgehead atoms. The van der Waals surface area contributed by atoms with Crippen LogP contribution in [-0.2, 0) is 4.79 Å². The molecule has 0 fully saturated rings.